The van der Waals surface area contributed by atoms with Gasteiger partial charge in [-0.3, -0.25) is 4.57 Å². The van der Waals surface area contributed by atoms with Gasteiger partial charge in [0.2, 0.25) is 0 Å². The Labute approximate surface area is 167 Å². The first-order chi connectivity index (χ1) is 12.9. The van der Waals surface area contributed by atoms with E-state index in [1.807, 2.05) is 24.3 Å². The monoisotopic (exact) mass is 400 g/mol. The van der Waals surface area contributed by atoms with Crippen molar-refractivity contribution >= 4 is 33.3 Å². The lowest BCUT2D eigenvalue weighted by Gasteiger charge is -2.29. The van der Waals surface area contributed by atoms with Crippen LogP contribution in [0.25, 0.3) is 15.9 Å². The molecule has 4 rings (SSSR count). The largest absolute Gasteiger partial charge is 0.370 e. The SMILES string of the molecule is CCCSc1c2sc3c(c2nc(=O)n1-c1ccc(C)cc1)COC(C)(C)C3. The second-order valence-electron chi connectivity index (χ2n) is 7.63. The predicted molar refractivity (Wildman–Crippen MR) is 114 cm³/mol. The molecule has 142 valence electrons. The maximum absolute atomic E-state index is 13.0. The average molecular weight is 401 g/mol. The second-order valence-corrected chi connectivity index (χ2v) is 9.81. The van der Waals surface area contributed by atoms with Gasteiger partial charge in [-0.2, -0.15) is 4.98 Å². The number of thiophene rings is 1. The summed E-state index contributed by atoms with van der Waals surface area (Å²) >= 11 is 3.52. The van der Waals surface area contributed by atoms with Crippen molar-refractivity contribution in [2.75, 3.05) is 5.75 Å². The summed E-state index contributed by atoms with van der Waals surface area (Å²) in [7, 11) is 0. The minimum Gasteiger partial charge on any atom is -0.370 e. The summed E-state index contributed by atoms with van der Waals surface area (Å²) in [5, 5.41) is 1.01. The molecule has 3 heterocycles. The molecule has 3 aromatic rings. The standard InChI is InChI=1S/C21H24N2O2S2/c1-5-10-26-19-18-17(15-12-25-21(3,4)11-16(15)27-18)22-20(24)23(19)14-8-6-13(2)7-9-14/h6-9H,5,10-12H2,1-4H3. The fraction of sp³-hybridized carbons (Fsp3) is 0.429. The van der Waals surface area contributed by atoms with Crippen LogP contribution in [0.2, 0.25) is 0 Å². The molecule has 0 saturated heterocycles. The molecule has 0 fully saturated rings. The highest BCUT2D eigenvalue weighted by atomic mass is 32.2. The summed E-state index contributed by atoms with van der Waals surface area (Å²) in [6, 6.07) is 8.08. The number of benzene rings is 1. The Bertz CT molecular complexity index is 1050. The third kappa shape index (κ3) is 3.46. The molecular weight excluding hydrogens is 376 g/mol. The van der Waals surface area contributed by atoms with Crippen LogP contribution < -0.4 is 5.69 Å². The average Bonchev–Trinajstić information content (AvgIpc) is 2.96. The van der Waals surface area contributed by atoms with Crippen molar-refractivity contribution in [3.63, 3.8) is 0 Å². The van der Waals surface area contributed by atoms with Gasteiger partial charge in [-0.1, -0.05) is 24.6 Å². The number of fused-ring (bicyclic) bond motifs is 3. The number of thioether (sulfide) groups is 1. The van der Waals surface area contributed by atoms with Crippen LogP contribution in [0.3, 0.4) is 0 Å². The Kier molecular flexibility index (Phi) is 4.91. The lowest BCUT2D eigenvalue weighted by atomic mass is 9.98. The molecule has 0 radical (unpaired) electrons. The Morgan fingerprint density at radius 3 is 2.74 bits per heavy atom. The van der Waals surface area contributed by atoms with Crippen molar-refractivity contribution in [1.82, 2.24) is 9.55 Å². The summed E-state index contributed by atoms with van der Waals surface area (Å²) in [6.07, 6.45) is 1.91. The molecule has 0 bridgehead atoms. The van der Waals surface area contributed by atoms with Gasteiger partial charge >= 0.3 is 5.69 Å². The van der Waals surface area contributed by atoms with E-state index < -0.39 is 0 Å². The van der Waals surface area contributed by atoms with E-state index in [0.717, 1.165) is 45.1 Å². The molecule has 0 N–H and O–H groups in total. The number of hydrogen-bond acceptors (Lipinski definition) is 5. The fourth-order valence-corrected chi connectivity index (χ4v) is 5.98. The van der Waals surface area contributed by atoms with Crippen LogP contribution in [0.15, 0.2) is 34.1 Å². The molecule has 0 unspecified atom stereocenters. The molecule has 1 aliphatic rings. The fourth-order valence-electron chi connectivity index (χ4n) is 3.35. The highest BCUT2D eigenvalue weighted by Gasteiger charge is 2.31. The van der Waals surface area contributed by atoms with Crippen molar-refractivity contribution in [2.24, 2.45) is 0 Å². The van der Waals surface area contributed by atoms with E-state index in [-0.39, 0.29) is 11.3 Å². The molecular formula is C21H24N2O2S2. The minimum atomic E-state index is -0.213. The Hall–Kier alpha value is -1.63. The van der Waals surface area contributed by atoms with Gasteiger partial charge in [-0.25, -0.2) is 4.79 Å². The number of rotatable bonds is 4. The third-order valence-electron chi connectivity index (χ3n) is 4.79. The maximum Gasteiger partial charge on any atom is 0.353 e. The van der Waals surface area contributed by atoms with E-state index in [1.54, 1.807) is 27.7 Å². The second kappa shape index (κ2) is 7.08. The molecule has 0 amide bonds. The number of hydrogen-bond donors (Lipinski definition) is 0. The van der Waals surface area contributed by atoms with Gasteiger partial charge in [-0.05, 0) is 45.1 Å². The zero-order valence-corrected chi connectivity index (χ0v) is 17.8. The normalized spacial score (nSPS) is 15.9. The molecule has 0 spiro atoms. The Balaban J connectivity index is 1.97. The van der Waals surface area contributed by atoms with Crippen molar-refractivity contribution in [3.8, 4) is 5.69 Å². The van der Waals surface area contributed by atoms with Gasteiger partial charge in [0.25, 0.3) is 0 Å². The van der Waals surface area contributed by atoms with Gasteiger partial charge in [0.05, 0.1) is 28.1 Å². The highest BCUT2D eigenvalue weighted by Crippen LogP contribution is 2.41. The zero-order valence-electron chi connectivity index (χ0n) is 16.2. The molecule has 1 aromatic carbocycles. The van der Waals surface area contributed by atoms with E-state index in [9.17, 15) is 4.79 Å². The lowest BCUT2D eigenvalue weighted by Crippen LogP contribution is -2.31. The van der Waals surface area contributed by atoms with Gasteiger partial charge in [0.1, 0.15) is 5.03 Å². The summed E-state index contributed by atoms with van der Waals surface area (Å²) < 4.78 is 8.88. The van der Waals surface area contributed by atoms with Gasteiger partial charge in [0.15, 0.2) is 0 Å². The number of aromatic nitrogens is 2. The topological polar surface area (TPSA) is 44.1 Å². The molecule has 2 aromatic heterocycles. The van der Waals surface area contributed by atoms with Crippen LogP contribution in [0.4, 0.5) is 0 Å². The molecule has 4 nitrogen and oxygen atoms in total. The smallest absolute Gasteiger partial charge is 0.353 e. The molecule has 0 aliphatic carbocycles. The summed E-state index contributed by atoms with van der Waals surface area (Å²) in [5.41, 5.74) is 3.60. The van der Waals surface area contributed by atoms with E-state index in [1.165, 1.54) is 10.4 Å². The van der Waals surface area contributed by atoms with E-state index >= 15 is 0 Å². The number of ether oxygens (including phenoxy) is 1. The third-order valence-corrected chi connectivity index (χ3v) is 7.42. The molecule has 0 saturated carbocycles. The Morgan fingerprint density at radius 1 is 1.30 bits per heavy atom. The van der Waals surface area contributed by atoms with E-state index in [4.69, 9.17) is 4.74 Å². The molecule has 0 atom stereocenters. The Morgan fingerprint density at radius 2 is 2.04 bits per heavy atom. The first-order valence-electron chi connectivity index (χ1n) is 9.31. The zero-order chi connectivity index (χ0) is 19.2. The first-order valence-corrected chi connectivity index (χ1v) is 11.1. The quantitative estimate of drug-likeness (QED) is 0.451. The summed E-state index contributed by atoms with van der Waals surface area (Å²) in [5.74, 6) is 0.967. The summed E-state index contributed by atoms with van der Waals surface area (Å²) in [6.45, 7) is 8.98. The van der Waals surface area contributed by atoms with Crippen LogP contribution in [0.1, 0.15) is 43.2 Å². The van der Waals surface area contributed by atoms with E-state index in [0.29, 0.717) is 6.61 Å². The summed E-state index contributed by atoms with van der Waals surface area (Å²) in [4.78, 5) is 18.8. The predicted octanol–water partition coefficient (Wildman–Crippen LogP) is 5.11. The van der Waals surface area contributed by atoms with Crippen LogP contribution in [-0.4, -0.2) is 20.9 Å². The van der Waals surface area contributed by atoms with Crippen molar-refractivity contribution in [2.45, 2.75) is 57.8 Å². The minimum absolute atomic E-state index is 0.169. The molecule has 27 heavy (non-hydrogen) atoms. The van der Waals surface area contributed by atoms with Gasteiger partial charge in [0, 0.05) is 16.9 Å². The molecule has 6 heteroatoms. The van der Waals surface area contributed by atoms with Crippen LogP contribution in [-0.2, 0) is 17.8 Å². The van der Waals surface area contributed by atoms with Crippen molar-refractivity contribution < 1.29 is 4.74 Å². The van der Waals surface area contributed by atoms with Crippen LogP contribution >= 0.6 is 23.1 Å². The van der Waals surface area contributed by atoms with Gasteiger partial charge < -0.3 is 4.74 Å². The number of nitrogens with zero attached hydrogens (tertiary/aromatic N) is 2. The lowest BCUT2D eigenvalue weighted by molar-refractivity contribution is -0.0383. The van der Waals surface area contributed by atoms with Gasteiger partial charge in [-0.15, -0.1) is 23.1 Å². The molecule has 1 aliphatic heterocycles. The highest BCUT2D eigenvalue weighted by molar-refractivity contribution is 7.99. The van der Waals surface area contributed by atoms with Crippen LogP contribution in [0, 0.1) is 6.92 Å². The van der Waals surface area contributed by atoms with Crippen molar-refractivity contribution in [1.29, 1.82) is 0 Å². The number of aryl methyl sites for hydroxylation is 1. The van der Waals surface area contributed by atoms with Crippen molar-refractivity contribution in [3.05, 3.63) is 50.8 Å². The van der Waals surface area contributed by atoms with Crippen LogP contribution in [0.5, 0.6) is 0 Å². The maximum atomic E-state index is 13.0. The first kappa shape index (κ1) is 18.7. The van der Waals surface area contributed by atoms with E-state index in [2.05, 4.69) is 32.7 Å².